The Labute approximate surface area is 186 Å². The van der Waals surface area contributed by atoms with Gasteiger partial charge in [-0.3, -0.25) is 0 Å². The van der Waals surface area contributed by atoms with Crippen molar-refractivity contribution in [3.63, 3.8) is 0 Å². The minimum Gasteiger partial charge on any atom is -0.367 e. The summed E-state index contributed by atoms with van der Waals surface area (Å²) in [7, 11) is 0. The summed E-state index contributed by atoms with van der Waals surface area (Å²) in [5, 5.41) is 11.3. The summed E-state index contributed by atoms with van der Waals surface area (Å²) >= 11 is 12.1. The number of nitrogens with one attached hydrogen (secondary N) is 3. The number of hydrogen-bond acceptors (Lipinski definition) is 3. The molecule has 3 aromatic rings. The van der Waals surface area contributed by atoms with E-state index in [4.69, 9.17) is 28.2 Å². The third-order valence-electron chi connectivity index (χ3n) is 5.54. The van der Waals surface area contributed by atoms with Gasteiger partial charge < -0.3 is 16.0 Å². The first kappa shape index (κ1) is 20.8. The minimum absolute atomic E-state index is 0.132. The van der Waals surface area contributed by atoms with E-state index in [1.807, 2.05) is 18.2 Å². The first-order valence-corrected chi connectivity index (χ1v) is 10.9. The van der Waals surface area contributed by atoms with Crippen molar-refractivity contribution in [2.75, 3.05) is 10.6 Å². The van der Waals surface area contributed by atoms with Crippen LogP contribution >= 0.6 is 23.2 Å². The molecule has 0 radical (unpaired) electrons. The lowest BCUT2D eigenvalue weighted by Crippen LogP contribution is -2.42. The SMILES string of the molecule is Cc1cc(NC2CCC(NC(=O)Nc3cccc(Cl)c3Cl)CC2)nc2ccccc12. The molecule has 1 aliphatic rings. The summed E-state index contributed by atoms with van der Waals surface area (Å²) in [5.74, 6) is 0.913. The normalized spacial score (nSPS) is 18.8. The highest BCUT2D eigenvalue weighted by Gasteiger charge is 2.23. The van der Waals surface area contributed by atoms with Crippen molar-refractivity contribution in [3.8, 4) is 0 Å². The van der Waals surface area contributed by atoms with Crippen LogP contribution < -0.4 is 16.0 Å². The lowest BCUT2D eigenvalue weighted by atomic mass is 9.91. The summed E-state index contributed by atoms with van der Waals surface area (Å²) in [4.78, 5) is 17.1. The third kappa shape index (κ3) is 4.79. The number of benzene rings is 2. The number of carbonyl (C=O) groups excluding carboxylic acids is 1. The first-order chi connectivity index (χ1) is 14.5. The number of nitrogens with zero attached hydrogens (tertiary/aromatic N) is 1. The Morgan fingerprint density at radius 2 is 1.73 bits per heavy atom. The van der Waals surface area contributed by atoms with E-state index >= 15 is 0 Å². The topological polar surface area (TPSA) is 66.0 Å². The monoisotopic (exact) mass is 442 g/mol. The molecule has 0 saturated heterocycles. The predicted molar refractivity (Wildman–Crippen MR) is 125 cm³/mol. The number of pyridine rings is 1. The molecule has 1 saturated carbocycles. The number of para-hydroxylation sites is 1. The molecular formula is C23H24Cl2N4O. The third-order valence-corrected chi connectivity index (χ3v) is 6.36. The van der Waals surface area contributed by atoms with Crippen LogP contribution in [-0.2, 0) is 0 Å². The maximum Gasteiger partial charge on any atom is 0.319 e. The molecule has 2 amide bonds. The van der Waals surface area contributed by atoms with Crippen LogP contribution in [0.15, 0.2) is 48.5 Å². The molecule has 0 atom stereocenters. The highest BCUT2D eigenvalue weighted by molar-refractivity contribution is 6.43. The molecule has 2 aromatic carbocycles. The Morgan fingerprint density at radius 1 is 1.00 bits per heavy atom. The van der Waals surface area contributed by atoms with Gasteiger partial charge in [-0.15, -0.1) is 0 Å². The van der Waals surface area contributed by atoms with Crippen molar-refractivity contribution in [1.29, 1.82) is 0 Å². The van der Waals surface area contributed by atoms with E-state index < -0.39 is 0 Å². The maximum atomic E-state index is 12.3. The Hall–Kier alpha value is -2.50. The molecular weight excluding hydrogens is 419 g/mol. The smallest absolute Gasteiger partial charge is 0.319 e. The number of halogens is 2. The lowest BCUT2D eigenvalue weighted by molar-refractivity contribution is 0.243. The van der Waals surface area contributed by atoms with Gasteiger partial charge in [0.05, 0.1) is 21.2 Å². The molecule has 0 unspecified atom stereocenters. The van der Waals surface area contributed by atoms with Crippen LogP contribution in [-0.4, -0.2) is 23.1 Å². The maximum absolute atomic E-state index is 12.3. The molecule has 1 aliphatic carbocycles. The van der Waals surface area contributed by atoms with Gasteiger partial charge in [0.2, 0.25) is 0 Å². The molecule has 1 aromatic heterocycles. The standard InChI is InChI=1S/C23H24Cl2N4O/c1-14-13-21(28-19-7-3-2-5-17(14)19)26-15-9-11-16(12-10-15)27-23(30)29-20-8-4-6-18(24)22(20)25/h2-8,13,15-16H,9-12H2,1H3,(H,26,28)(H2,27,29,30). The van der Waals surface area contributed by atoms with Crippen molar-refractivity contribution in [2.45, 2.75) is 44.7 Å². The summed E-state index contributed by atoms with van der Waals surface area (Å²) in [6, 6.07) is 15.7. The van der Waals surface area contributed by atoms with Crippen LogP contribution in [0.4, 0.5) is 16.3 Å². The Kier molecular flexibility index (Phi) is 6.30. The number of amides is 2. The largest absolute Gasteiger partial charge is 0.367 e. The van der Waals surface area contributed by atoms with Gasteiger partial charge in [0, 0.05) is 17.5 Å². The van der Waals surface area contributed by atoms with Crippen LogP contribution in [0.1, 0.15) is 31.2 Å². The van der Waals surface area contributed by atoms with E-state index in [1.54, 1.807) is 18.2 Å². The van der Waals surface area contributed by atoms with Crippen molar-refractivity contribution in [3.05, 3.63) is 64.1 Å². The second-order valence-corrected chi connectivity index (χ2v) is 8.52. The van der Waals surface area contributed by atoms with Crippen molar-refractivity contribution >= 4 is 51.6 Å². The van der Waals surface area contributed by atoms with Crippen LogP contribution in [0.2, 0.25) is 10.0 Å². The molecule has 3 N–H and O–H groups in total. The zero-order valence-corrected chi connectivity index (χ0v) is 18.2. The number of carbonyl (C=O) groups is 1. The predicted octanol–water partition coefficient (Wildman–Crippen LogP) is 6.39. The van der Waals surface area contributed by atoms with Crippen LogP contribution in [0, 0.1) is 6.92 Å². The molecule has 4 rings (SSSR count). The summed E-state index contributed by atoms with van der Waals surface area (Å²) in [6.07, 6.45) is 3.74. The molecule has 0 spiro atoms. The van der Waals surface area contributed by atoms with E-state index in [-0.39, 0.29) is 12.1 Å². The zero-order valence-electron chi connectivity index (χ0n) is 16.7. The number of aromatic nitrogens is 1. The molecule has 1 heterocycles. The summed E-state index contributed by atoms with van der Waals surface area (Å²) in [5.41, 5.74) is 2.73. The number of hydrogen-bond donors (Lipinski definition) is 3. The van der Waals surface area contributed by atoms with Gasteiger partial charge >= 0.3 is 6.03 Å². The van der Waals surface area contributed by atoms with Gasteiger partial charge in [0.1, 0.15) is 5.82 Å². The van der Waals surface area contributed by atoms with E-state index in [0.717, 1.165) is 37.0 Å². The lowest BCUT2D eigenvalue weighted by Gasteiger charge is -2.30. The Morgan fingerprint density at radius 3 is 2.53 bits per heavy atom. The average Bonchev–Trinajstić information content (AvgIpc) is 2.73. The van der Waals surface area contributed by atoms with Gasteiger partial charge in [0.15, 0.2) is 0 Å². The zero-order chi connectivity index (χ0) is 21.1. The second kappa shape index (κ2) is 9.11. The van der Waals surface area contributed by atoms with Crippen LogP contribution in [0.5, 0.6) is 0 Å². The average molecular weight is 443 g/mol. The Balaban J connectivity index is 1.30. The number of urea groups is 1. The number of fused-ring (bicyclic) bond motifs is 1. The van der Waals surface area contributed by atoms with E-state index in [1.165, 1.54) is 10.9 Å². The molecule has 0 aliphatic heterocycles. The number of aryl methyl sites for hydroxylation is 1. The summed E-state index contributed by atoms with van der Waals surface area (Å²) in [6.45, 7) is 2.11. The van der Waals surface area contributed by atoms with Gasteiger partial charge in [-0.1, -0.05) is 47.5 Å². The fraction of sp³-hybridized carbons (Fsp3) is 0.304. The first-order valence-electron chi connectivity index (χ1n) is 10.1. The highest BCUT2D eigenvalue weighted by Crippen LogP contribution is 2.30. The van der Waals surface area contributed by atoms with Gasteiger partial charge in [0.25, 0.3) is 0 Å². The van der Waals surface area contributed by atoms with E-state index in [0.29, 0.717) is 21.8 Å². The Bertz CT molecular complexity index is 1060. The molecule has 5 nitrogen and oxygen atoms in total. The molecule has 7 heteroatoms. The van der Waals surface area contributed by atoms with Crippen molar-refractivity contribution in [2.24, 2.45) is 0 Å². The van der Waals surface area contributed by atoms with Gasteiger partial charge in [-0.25, -0.2) is 9.78 Å². The quantitative estimate of drug-likeness (QED) is 0.438. The van der Waals surface area contributed by atoms with E-state index in [2.05, 4.69) is 35.0 Å². The summed E-state index contributed by atoms with van der Waals surface area (Å²) < 4.78 is 0. The highest BCUT2D eigenvalue weighted by atomic mass is 35.5. The minimum atomic E-state index is -0.262. The van der Waals surface area contributed by atoms with Crippen molar-refractivity contribution < 1.29 is 4.79 Å². The molecule has 156 valence electrons. The second-order valence-electron chi connectivity index (χ2n) is 7.73. The molecule has 30 heavy (non-hydrogen) atoms. The fourth-order valence-corrected chi connectivity index (χ4v) is 4.31. The van der Waals surface area contributed by atoms with E-state index in [9.17, 15) is 4.79 Å². The number of rotatable bonds is 4. The van der Waals surface area contributed by atoms with Crippen LogP contribution in [0.25, 0.3) is 10.9 Å². The fourth-order valence-electron chi connectivity index (χ4n) is 3.96. The molecule has 0 bridgehead atoms. The van der Waals surface area contributed by atoms with Crippen LogP contribution in [0.3, 0.4) is 0 Å². The van der Waals surface area contributed by atoms with Gasteiger partial charge in [-0.2, -0.15) is 0 Å². The number of anilines is 2. The van der Waals surface area contributed by atoms with Gasteiger partial charge in [-0.05, 0) is 62.4 Å². The van der Waals surface area contributed by atoms with Crippen molar-refractivity contribution in [1.82, 2.24) is 10.3 Å². The molecule has 1 fully saturated rings.